The SMILES string of the molecule is COc1ccc(C(=O)Oc2ccc3c(-c4ccccc4)cc(=O)oc3c2C)cc1OC. The van der Waals surface area contributed by atoms with Crippen molar-refractivity contribution in [2.24, 2.45) is 0 Å². The molecule has 0 amide bonds. The van der Waals surface area contributed by atoms with Gasteiger partial charge in [0.15, 0.2) is 11.5 Å². The minimum Gasteiger partial charge on any atom is -0.493 e. The summed E-state index contributed by atoms with van der Waals surface area (Å²) in [7, 11) is 3.01. The quantitative estimate of drug-likeness (QED) is 0.259. The van der Waals surface area contributed by atoms with Crippen LogP contribution in [0.3, 0.4) is 0 Å². The van der Waals surface area contributed by atoms with Crippen molar-refractivity contribution in [1.29, 1.82) is 0 Å². The Hall–Kier alpha value is -4.06. The van der Waals surface area contributed by atoms with Crippen LogP contribution in [0.1, 0.15) is 15.9 Å². The van der Waals surface area contributed by atoms with Gasteiger partial charge in [-0.1, -0.05) is 30.3 Å². The van der Waals surface area contributed by atoms with Crippen molar-refractivity contribution in [2.45, 2.75) is 6.92 Å². The molecule has 6 nitrogen and oxygen atoms in total. The standard InChI is InChI=1S/C25H20O6/c1-15-20(30-25(27)17-9-11-21(28-2)22(13-17)29-3)12-10-18-19(14-23(26)31-24(15)18)16-7-5-4-6-8-16/h4-14H,1-3H3. The van der Waals surface area contributed by atoms with Crippen molar-refractivity contribution >= 4 is 16.9 Å². The number of aryl methyl sites for hydroxylation is 1. The molecule has 0 aliphatic heterocycles. The van der Waals surface area contributed by atoms with Gasteiger partial charge in [0.2, 0.25) is 0 Å². The lowest BCUT2D eigenvalue weighted by Gasteiger charge is -2.12. The monoisotopic (exact) mass is 416 g/mol. The number of hydrogen-bond acceptors (Lipinski definition) is 6. The largest absolute Gasteiger partial charge is 0.493 e. The van der Waals surface area contributed by atoms with E-state index in [-0.39, 0.29) is 0 Å². The van der Waals surface area contributed by atoms with Gasteiger partial charge in [0, 0.05) is 17.0 Å². The summed E-state index contributed by atoms with van der Waals surface area (Å²) in [6.07, 6.45) is 0. The van der Waals surface area contributed by atoms with Crippen LogP contribution in [0.4, 0.5) is 0 Å². The lowest BCUT2D eigenvalue weighted by molar-refractivity contribution is 0.0733. The lowest BCUT2D eigenvalue weighted by atomic mass is 10.0. The third kappa shape index (κ3) is 3.88. The van der Waals surface area contributed by atoms with Gasteiger partial charge in [-0.3, -0.25) is 0 Å². The van der Waals surface area contributed by atoms with Crippen LogP contribution in [0.15, 0.2) is 75.9 Å². The second kappa shape index (κ2) is 8.36. The maximum Gasteiger partial charge on any atom is 0.343 e. The molecule has 4 rings (SSSR count). The topological polar surface area (TPSA) is 75.0 Å². The van der Waals surface area contributed by atoms with Gasteiger partial charge in [0.25, 0.3) is 0 Å². The molecule has 0 radical (unpaired) electrons. The Morgan fingerprint density at radius 2 is 1.55 bits per heavy atom. The molecule has 1 aromatic heterocycles. The van der Waals surface area contributed by atoms with E-state index in [0.29, 0.717) is 34.0 Å². The number of esters is 1. The van der Waals surface area contributed by atoms with Crippen LogP contribution in [-0.4, -0.2) is 20.2 Å². The Balaban J connectivity index is 1.74. The fourth-order valence-electron chi connectivity index (χ4n) is 3.43. The Morgan fingerprint density at radius 3 is 2.26 bits per heavy atom. The molecule has 156 valence electrons. The highest BCUT2D eigenvalue weighted by molar-refractivity contribution is 5.97. The van der Waals surface area contributed by atoms with E-state index in [4.69, 9.17) is 18.6 Å². The Labute approximate surface area is 178 Å². The van der Waals surface area contributed by atoms with E-state index in [0.717, 1.165) is 16.5 Å². The number of ether oxygens (including phenoxy) is 3. The van der Waals surface area contributed by atoms with E-state index < -0.39 is 11.6 Å². The van der Waals surface area contributed by atoms with Crippen molar-refractivity contribution < 1.29 is 23.4 Å². The van der Waals surface area contributed by atoms with Gasteiger partial charge >= 0.3 is 11.6 Å². The second-order valence-electron chi connectivity index (χ2n) is 6.87. The number of benzene rings is 3. The molecule has 6 heteroatoms. The summed E-state index contributed by atoms with van der Waals surface area (Å²) >= 11 is 0. The van der Waals surface area contributed by atoms with Gasteiger partial charge in [-0.05, 0) is 48.4 Å². The summed E-state index contributed by atoms with van der Waals surface area (Å²) in [4.78, 5) is 24.9. The zero-order chi connectivity index (χ0) is 22.0. The first-order valence-corrected chi connectivity index (χ1v) is 9.59. The first-order chi connectivity index (χ1) is 15.0. The minimum atomic E-state index is -0.565. The van der Waals surface area contributed by atoms with Crippen LogP contribution >= 0.6 is 0 Å². The van der Waals surface area contributed by atoms with Crippen LogP contribution in [0.25, 0.3) is 22.1 Å². The van der Waals surface area contributed by atoms with E-state index >= 15 is 0 Å². The fraction of sp³-hybridized carbons (Fsp3) is 0.120. The number of hydrogen-bond donors (Lipinski definition) is 0. The predicted molar refractivity (Wildman–Crippen MR) is 117 cm³/mol. The third-order valence-corrected chi connectivity index (χ3v) is 5.02. The molecule has 0 saturated carbocycles. The van der Waals surface area contributed by atoms with Crippen LogP contribution in [0, 0.1) is 6.92 Å². The molecule has 4 aromatic rings. The number of methoxy groups -OCH3 is 2. The molecule has 0 bridgehead atoms. The van der Waals surface area contributed by atoms with Crippen molar-refractivity contribution in [2.75, 3.05) is 14.2 Å². The highest BCUT2D eigenvalue weighted by atomic mass is 16.5. The Morgan fingerprint density at radius 1 is 0.839 bits per heavy atom. The molecule has 31 heavy (non-hydrogen) atoms. The molecule has 0 unspecified atom stereocenters. The highest BCUT2D eigenvalue weighted by Gasteiger charge is 2.17. The zero-order valence-electron chi connectivity index (χ0n) is 17.3. The van der Waals surface area contributed by atoms with E-state index in [1.165, 1.54) is 20.3 Å². The molecule has 3 aromatic carbocycles. The molecular weight excluding hydrogens is 396 g/mol. The highest BCUT2D eigenvalue weighted by Crippen LogP contribution is 2.34. The second-order valence-corrected chi connectivity index (χ2v) is 6.87. The maximum absolute atomic E-state index is 12.7. The van der Waals surface area contributed by atoms with Gasteiger partial charge < -0.3 is 18.6 Å². The van der Waals surface area contributed by atoms with E-state index in [9.17, 15) is 9.59 Å². The summed E-state index contributed by atoms with van der Waals surface area (Å²) in [5.41, 5.74) is 2.42. The van der Waals surface area contributed by atoms with Gasteiger partial charge in [-0.25, -0.2) is 9.59 Å². The summed E-state index contributed by atoms with van der Waals surface area (Å²) in [6.45, 7) is 1.75. The fourth-order valence-corrected chi connectivity index (χ4v) is 3.43. The molecule has 0 aliphatic carbocycles. The number of carbonyl (C=O) groups is 1. The van der Waals surface area contributed by atoms with E-state index in [2.05, 4.69) is 0 Å². The maximum atomic E-state index is 12.7. The van der Waals surface area contributed by atoms with Gasteiger partial charge in [0.05, 0.1) is 19.8 Å². The third-order valence-electron chi connectivity index (χ3n) is 5.02. The Bertz CT molecular complexity index is 1320. The van der Waals surface area contributed by atoms with Gasteiger partial charge in [-0.15, -0.1) is 0 Å². The zero-order valence-corrected chi connectivity index (χ0v) is 17.3. The smallest absolute Gasteiger partial charge is 0.343 e. The van der Waals surface area contributed by atoms with Crippen molar-refractivity contribution in [3.63, 3.8) is 0 Å². The van der Waals surface area contributed by atoms with Crippen molar-refractivity contribution in [1.82, 2.24) is 0 Å². The Kier molecular flexibility index (Phi) is 5.45. The van der Waals surface area contributed by atoms with Crippen LogP contribution in [0.2, 0.25) is 0 Å². The molecule has 0 spiro atoms. The van der Waals surface area contributed by atoms with Gasteiger partial charge in [0.1, 0.15) is 11.3 Å². The predicted octanol–water partition coefficient (Wildman–Crippen LogP) is 5.00. The minimum absolute atomic E-state index is 0.302. The number of rotatable bonds is 5. The van der Waals surface area contributed by atoms with Crippen LogP contribution < -0.4 is 19.8 Å². The number of carbonyl (C=O) groups excluding carboxylic acids is 1. The summed E-state index contributed by atoms with van der Waals surface area (Å²) < 4.78 is 21.5. The first kappa shape index (κ1) is 20.2. The first-order valence-electron chi connectivity index (χ1n) is 9.59. The molecule has 1 heterocycles. The molecular formula is C25H20O6. The van der Waals surface area contributed by atoms with Crippen molar-refractivity contribution in [3.05, 3.63) is 88.3 Å². The van der Waals surface area contributed by atoms with Crippen LogP contribution in [0.5, 0.6) is 17.2 Å². The normalized spacial score (nSPS) is 10.7. The van der Waals surface area contributed by atoms with E-state index in [1.54, 1.807) is 37.3 Å². The van der Waals surface area contributed by atoms with Crippen molar-refractivity contribution in [3.8, 4) is 28.4 Å². The lowest BCUT2D eigenvalue weighted by Crippen LogP contribution is -2.10. The summed E-state index contributed by atoms with van der Waals surface area (Å²) in [6, 6.07) is 19.3. The average molecular weight is 416 g/mol. The number of fused-ring (bicyclic) bond motifs is 1. The van der Waals surface area contributed by atoms with E-state index in [1.807, 2.05) is 30.3 Å². The van der Waals surface area contributed by atoms with Gasteiger partial charge in [-0.2, -0.15) is 0 Å². The van der Waals surface area contributed by atoms with Crippen LogP contribution in [-0.2, 0) is 0 Å². The molecule has 0 atom stereocenters. The molecule has 0 saturated heterocycles. The summed E-state index contributed by atoms with van der Waals surface area (Å²) in [5, 5.41) is 0.759. The summed E-state index contributed by atoms with van der Waals surface area (Å²) in [5.74, 6) is 0.674. The molecule has 0 aliphatic rings. The molecule has 0 N–H and O–H groups in total. The molecule has 0 fully saturated rings. The average Bonchev–Trinajstić information content (AvgIpc) is 2.80.